The summed E-state index contributed by atoms with van der Waals surface area (Å²) >= 11 is 0. The van der Waals surface area contributed by atoms with Gasteiger partial charge in [0.1, 0.15) is 7.14 Å². The van der Waals surface area contributed by atoms with Crippen molar-refractivity contribution in [1.82, 2.24) is 10.3 Å². The van der Waals surface area contributed by atoms with Gasteiger partial charge in [0, 0.05) is 35.2 Å². The fourth-order valence-electron chi connectivity index (χ4n) is 3.40. The Morgan fingerprint density at radius 3 is 2.00 bits per heavy atom. The Morgan fingerprint density at radius 2 is 1.32 bits per heavy atom. The smallest absolute Gasteiger partial charge is 0.144 e. The molecule has 3 aromatic carbocycles. The second-order valence-electron chi connectivity index (χ2n) is 6.81. The Balaban J connectivity index is 1.47. The average Bonchev–Trinajstić information content (AvgIpc) is 2.77. The van der Waals surface area contributed by atoms with Crippen LogP contribution < -0.4 is 15.9 Å². The first kappa shape index (κ1) is 18.6. The standard InChI is InChI=1S/C24H23N2OP/c27-28(22-10-3-1-4-11-22,23-12-5-2-6-13-23)18-17-25-19-21-16-15-20-9-7-8-14-24(20)26-21/h1-16,25H,17-19H2. The van der Waals surface area contributed by atoms with E-state index < -0.39 is 7.14 Å². The Hall–Kier alpha value is -2.74. The molecule has 1 aromatic heterocycles. The molecule has 28 heavy (non-hydrogen) atoms. The minimum atomic E-state index is -2.67. The Bertz CT molecular complexity index is 1050. The number of aromatic nitrogens is 1. The monoisotopic (exact) mass is 386 g/mol. The molecule has 4 aromatic rings. The number of hydrogen-bond acceptors (Lipinski definition) is 3. The van der Waals surface area contributed by atoms with Gasteiger partial charge in [-0.1, -0.05) is 84.9 Å². The molecule has 0 atom stereocenters. The van der Waals surface area contributed by atoms with E-state index in [1.807, 2.05) is 84.9 Å². The molecule has 140 valence electrons. The minimum Gasteiger partial charge on any atom is -0.314 e. The van der Waals surface area contributed by atoms with Gasteiger partial charge in [0.25, 0.3) is 0 Å². The molecule has 0 amide bonds. The zero-order chi connectivity index (χ0) is 19.2. The maximum absolute atomic E-state index is 13.9. The molecular formula is C24H23N2OP. The van der Waals surface area contributed by atoms with Gasteiger partial charge >= 0.3 is 0 Å². The number of pyridine rings is 1. The number of para-hydroxylation sites is 1. The fraction of sp³-hybridized carbons (Fsp3) is 0.125. The molecular weight excluding hydrogens is 363 g/mol. The summed E-state index contributed by atoms with van der Waals surface area (Å²) in [5.74, 6) is 0. The molecule has 3 nitrogen and oxygen atoms in total. The van der Waals surface area contributed by atoms with Crippen LogP contribution >= 0.6 is 7.14 Å². The van der Waals surface area contributed by atoms with Crippen molar-refractivity contribution in [3.8, 4) is 0 Å². The lowest BCUT2D eigenvalue weighted by molar-refractivity contribution is 0.583. The molecule has 0 spiro atoms. The zero-order valence-corrected chi connectivity index (χ0v) is 16.6. The maximum Gasteiger partial charge on any atom is 0.144 e. The lowest BCUT2D eigenvalue weighted by Gasteiger charge is -2.19. The third-order valence-corrected chi connectivity index (χ3v) is 8.03. The maximum atomic E-state index is 13.9. The third kappa shape index (κ3) is 4.06. The van der Waals surface area contributed by atoms with E-state index >= 15 is 0 Å². The highest BCUT2D eigenvalue weighted by Crippen LogP contribution is 2.42. The zero-order valence-electron chi connectivity index (χ0n) is 15.7. The quantitative estimate of drug-likeness (QED) is 0.380. The first-order chi connectivity index (χ1) is 13.8. The van der Waals surface area contributed by atoms with Crippen molar-refractivity contribution in [3.63, 3.8) is 0 Å². The summed E-state index contributed by atoms with van der Waals surface area (Å²) < 4.78 is 13.9. The van der Waals surface area contributed by atoms with Gasteiger partial charge in [0.15, 0.2) is 0 Å². The van der Waals surface area contributed by atoms with Crippen LogP contribution in [0.3, 0.4) is 0 Å². The van der Waals surface area contributed by atoms with Crippen LogP contribution in [0.25, 0.3) is 10.9 Å². The van der Waals surface area contributed by atoms with E-state index in [4.69, 9.17) is 4.98 Å². The summed E-state index contributed by atoms with van der Waals surface area (Å²) in [4.78, 5) is 4.69. The van der Waals surface area contributed by atoms with Gasteiger partial charge in [0.05, 0.1) is 11.2 Å². The van der Waals surface area contributed by atoms with Gasteiger partial charge < -0.3 is 9.88 Å². The molecule has 0 bridgehead atoms. The summed E-state index contributed by atoms with van der Waals surface area (Å²) in [5.41, 5.74) is 1.99. The molecule has 0 aliphatic heterocycles. The van der Waals surface area contributed by atoms with Gasteiger partial charge in [-0.15, -0.1) is 0 Å². The van der Waals surface area contributed by atoms with Crippen molar-refractivity contribution in [2.24, 2.45) is 0 Å². The number of benzene rings is 3. The molecule has 0 saturated heterocycles. The summed E-state index contributed by atoms with van der Waals surface area (Å²) in [7, 11) is -2.67. The molecule has 0 fully saturated rings. The van der Waals surface area contributed by atoms with Gasteiger partial charge in [0.2, 0.25) is 0 Å². The molecule has 0 aliphatic carbocycles. The van der Waals surface area contributed by atoms with E-state index in [1.165, 1.54) is 0 Å². The van der Waals surface area contributed by atoms with Crippen molar-refractivity contribution in [2.45, 2.75) is 6.54 Å². The van der Waals surface area contributed by atoms with Crippen LogP contribution in [0.4, 0.5) is 0 Å². The third-order valence-electron chi connectivity index (χ3n) is 4.91. The summed E-state index contributed by atoms with van der Waals surface area (Å²) in [6.45, 7) is 1.32. The molecule has 1 N–H and O–H groups in total. The highest BCUT2D eigenvalue weighted by atomic mass is 31.2. The highest BCUT2D eigenvalue weighted by molar-refractivity contribution is 7.78. The van der Waals surface area contributed by atoms with E-state index in [1.54, 1.807) is 0 Å². The van der Waals surface area contributed by atoms with E-state index in [9.17, 15) is 4.57 Å². The van der Waals surface area contributed by atoms with Crippen LogP contribution in [0.1, 0.15) is 5.69 Å². The predicted octanol–water partition coefficient (Wildman–Crippen LogP) is 4.34. The van der Waals surface area contributed by atoms with Crippen LogP contribution in [0.15, 0.2) is 97.1 Å². The molecule has 4 heteroatoms. The van der Waals surface area contributed by atoms with Crippen molar-refractivity contribution in [2.75, 3.05) is 12.7 Å². The summed E-state index contributed by atoms with van der Waals surface area (Å²) in [6.07, 6.45) is 0.578. The number of nitrogens with one attached hydrogen (secondary N) is 1. The Labute approximate surface area is 165 Å². The number of rotatable bonds is 7. The van der Waals surface area contributed by atoms with Crippen LogP contribution in [0, 0.1) is 0 Å². The second kappa shape index (κ2) is 8.52. The van der Waals surface area contributed by atoms with Crippen molar-refractivity contribution < 1.29 is 4.57 Å². The first-order valence-electron chi connectivity index (χ1n) is 9.51. The molecule has 1 heterocycles. The van der Waals surface area contributed by atoms with E-state index in [0.717, 1.165) is 27.2 Å². The number of fused-ring (bicyclic) bond motifs is 1. The fourth-order valence-corrected chi connectivity index (χ4v) is 6.00. The summed E-state index contributed by atoms with van der Waals surface area (Å²) in [6, 6.07) is 31.9. The van der Waals surface area contributed by atoms with Crippen LogP contribution in [-0.2, 0) is 11.1 Å². The van der Waals surface area contributed by atoms with Crippen LogP contribution in [-0.4, -0.2) is 17.7 Å². The molecule has 0 radical (unpaired) electrons. The molecule has 0 unspecified atom stereocenters. The van der Waals surface area contributed by atoms with E-state index in [2.05, 4.69) is 17.4 Å². The minimum absolute atomic E-state index is 0.578. The van der Waals surface area contributed by atoms with Gasteiger partial charge in [-0.3, -0.25) is 4.98 Å². The van der Waals surface area contributed by atoms with Crippen LogP contribution in [0.2, 0.25) is 0 Å². The van der Waals surface area contributed by atoms with Gasteiger partial charge in [-0.25, -0.2) is 0 Å². The van der Waals surface area contributed by atoms with E-state index in [-0.39, 0.29) is 0 Å². The predicted molar refractivity (Wildman–Crippen MR) is 118 cm³/mol. The molecule has 4 rings (SSSR count). The Kier molecular flexibility index (Phi) is 5.66. The van der Waals surface area contributed by atoms with Crippen LogP contribution in [0.5, 0.6) is 0 Å². The Morgan fingerprint density at radius 1 is 0.714 bits per heavy atom. The normalized spacial score (nSPS) is 11.6. The van der Waals surface area contributed by atoms with Crippen molar-refractivity contribution in [1.29, 1.82) is 0 Å². The number of nitrogens with zero attached hydrogens (tertiary/aromatic N) is 1. The second-order valence-corrected chi connectivity index (χ2v) is 9.77. The van der Waals surface area contributed by atoms with Gasteiger partial charge in [-0.2, -0.15) is 0 Å². The lowest BCUT2D eigenvalue weighted by atomic mass is 10.2. The topological polar surface area (TPSA) is 42.0 Å². The highest BCUT2D eigenvalue weighted by Gasteiger charge is 2.26. The van der Waals surface area contributed by atoms with Crippen molar-refractivity contribution >= 4 is 28.7 Å². The van der Waals surface area contributed by atoms with E-state index in [0.29, 0.717) is 19.3 Å². The van der Waals surface area contributed by atoms with Crippen molar-refractivity contribution in [3.05, 3.63) is 103 Å². The summed E-state index contributed by atoms with van der Waals surface area (Å²) in [5, 5.41) is 6.39. The molecule has 0 aliphatic rings. The average molecular weight is 386 g/mol. The number of hydrogen-bond donors (Lipinski definition) is 1. The first-order valence-corrected chi connectivity index (χ1v) is 11.4. The SMILES string of the molecule is O=P(CCNCc1ccc2ccccc2n1)(c1ccccc1)c1ccccc1. The lowest BCUT2D eigenvalue weighted by Crippen LogP contribution is -2.25. The van der Waals surface area contributed by atoms with Gasteiger partial charge in [-0.05, 0) is 12.1 Å². The largest absolute Gasteiger partial charge is 0.314 e. The molecule has 0 saturated carbocycles.